The molecule has 0 unspecified atom stereocenters. The second-order valence-corrected chi connectivity index (χ2v) is 5.69. The zero-order valence-electron chi connectivity index (χ0n) is 12.8. The van der Waals surface area contributed by atoms with Crippen LogP contribution in [0.25, 0.3) is 10.9 Å². The number of hydrogen-bond donors (Lipinski definition) is 3. The molecule has 1 aromatic carbocycles. The number of methoxy groups -OCH3 is 1. The maximum atomic E-state index is 11.9. The Morgan fingerprint density at radius 1 is 1.48 bits per heavy atom. The summed E-state index contributed by atoms with van der Waals surface area (Å²) < 4.78 is 5.22. The molecule has 2 heterocycles. The molecule has 23 heavy (non-hydrogen) atoms. The number of nitrogens with two attached hydrogens (primary N) is 1. The summed E-state index contributed by atoms with van der Waals surface area (Å²) in [5.74, 6) is -0.830. The second-order valence-electron chi connectivity index (χ2n) is 5.69. The van der Waals surface area contributed by atoms with Gasteiger partial charge in [-0.15, -0.1) is 0 Å². The van der Waals surface area contributed by atoms with Crippen molar-refractivity contribution in [2.24, 2.45) is 5.73 Å². The molecule has 2 aromatic rings. The molecule has 1 fully saturated rings. The third-order valence-electron chi connectivity index (χ3n) is 4.40. The number of aromatic nitrogens is 1. The van der Waals surface area contributed by atoms with E-state index in [2.05, 4.69) is 4.98 Å². The first-order chi connectivity index (χ1) is 11.0. The molecule has 3 rings (SSSR count). The zero-order chi connectivity index (χ0) is 16.6. The van der Waals surface area contributed by atoms with E-state index in [-0.39, 0.29) is 0 Å². The fraction of sp³-hybridized carbons (Fsp3) is 0.375. The first kappa shape index (κ1) is 15.4. The predicted molar refractivity (Wildman–Crippen MR) is 84.1 cm³/mol. The maximum Gasteiger partial charge on any atom is 0.325 e. The summed E-state index contributed by atoms with van der Waals surface area (Å²) in [6, 6.07) is 3.97. The van der Waals surface area contributed by atoms with E-state index in [1.165, 1.54) is 0 Å². The van der Waals surface area contributed by atoms with Gasteiger partial charge in [0.05, 0.1) is 13.2 Å². The lowest BCUT2D eigenvalue weighted by Crippen LogP contribution is -2.44. The molecule has 1 aliphatic heterocycles. The normalized spacial score (nSPS) is 19.8. The minimum absolute atomic E-state index is 0.480. The van der Waals surface area contributed by atoms with E-state index >= 15 is 0 Å². The Morgan fingerprint density at radius 3 is 2.91 bits per heavy atom. The maximum absolute atomic E-state index is 11.9. The van der Waals surface area contributed by atoms with Crippen molar-refractivity contribution in [3.63, 3.8) is 0 Å². The number of amides is 1. The molecule has 1 amide bonds. The van der Waals surface area contributed by atoms with Crippen molar-refractivity contribution in [1.82, 2.24) is 9.88 Å². The van der Waals surface area contributed by atoms with E-state index in [1.807, 2.05) is 6.07 Å². The number of rotatable bonds is 5. The molecule has 7 heteroatoms. The third kappa shape index (κ3) is 2.63. The Hall–Kier alpha value is -2.54. The predicted octanol–water partition coefficient (Wildman–Crippen LogP) is 1.25. The molecule has 0 bridgehead atoms. The standard InChI is InChI=1S/C16H19N3O4/c1-23-9-4-5-12-10(7-9)11(8-18-12)14(16(21)22)19-6-2-3-13(19)15(17)20/h4-5,7-8,13-14,18H,2-3,6H2,1H3,(H2,17,20)(H,21,22)/t13-,14-/m0/s1. The number of hydrogen-bond acceptors (Lipinski definition) is 4. The summed E-state index contributed by atoms with van der Waals surface area (Å²) in [7, 11) is 1.56. The number of likely N-dealkylation sites (tertiary alicyclic amines) is 1. The van der Waals surface area contributed by atoms with Gasteiger partial charge in [-0.1, -0.05) is 0 Å². The fourth-order valence-corrected chi connectivity index (χ4v) is 3.33. The number of carbonyl (C=O) groups excluding carboxylic acids is 1. The molecule has 0 saturated carbocycles. The summed E-state index contributed by atoms with van der Waals surface area (Å²) in [5, 5.41) is 10.5. The molecule has 1 aromatic heterocycles. The molecular formula is C16H19N3O4. The van der Waals surface area contributed by atoms with Gasteiger partial charge in [0.2, 0.25) is 5.91 Å². The van der Waals surface area contributed by atoms with Crippen LogP contribution in [-0.4, -0.2) is 46.6 Å². The molecule has 4 N–H and O–H groups in total. The van der Waals surface area contributed by atoms with Crippen LogP contribution in [0.3, 0.4) is 0 Å². The molecule has 0 radical (unpaired) electrons. The van der Waals surface area contributed by atoms with Gasteiger partial charge in [-0.2, -0.15) is 0 Å². The lowest BCUT2D eigenvalue weighted by molar-refractivity contribution is -0.144. The van der Waals surface area contributed by atoms with E-state index in [0.717, 1.165) is 17.3 Å². The average Bonchev–Trinajstić information content (AvgIpc) is 3.14. The Kier molecular flexibility index (Phi) is 3.96. The van der Waals surface area contributed by atoms with E-state index in [9.17, 15) is 14.7 Å². The van der Waals surface area contributed by atoms with Crippen molar-refractivity contribution in [1.29, 1.82) is 0 Å². The van der Waals surface area contributed by atoms with Gasteiger partial charge in [0.15, 0.2) is 0 Å². The van der Waals surface area contributed by atoms with Gasteiger partial charge in [-0.3, -0.25) is 14.5 Å². The van der Waals surface area contributed by atoms with Crippen molar-refractivity contribution >= 4 is 22.8 Å². The Morgan fingerprint density at radius 2 is 2.26 bits per heavy atom. The highest BCUT2D eigenvalue weighted by atomic mass is 16.5. The molecular weight excluding hydrogens is 298 g/mol. The summed E-state index contributed by atoms with van der Waals surface area (Å²) in [4.78, 5) is 28.3. The number of aromatic amines is 1. The lowest BCUT2D eigenvalue weighted by atomic mass is 10.0. The average molecular weight is 317 g/mol. The Bertz CT molecular complexity index is 755. The Labute approximate surface area is 133 Å². The van der Waals surface area contributed by atoms with Crippen molar-refractivity contribution in [3.8, 4) is 5.75 Å². The molecule has 0 aliphatic carbocycles. The number of carbonyl (C=O) groups is 2. The van der Waals surface area contributed by atoms with Crippen LogP contribution in [-0.2, 0) is 9.59 Å². The molecule has 1 aliphatic rings. The van der Waals surface area contributed by atoms with Gasteiger partial charge in [-0.05, 0) is 31.0 Å². The van der Waals surface area contributed by atoms with Crippen molar-refractivity contribution in [2.75, 3.05) is 13.7 Å². The van der Waals surface area contributed by atoms with E-state index in [1.54, 1.807) is 30.3 Å². The van der Waals surface area contributed by atoms with Crippen LogP contribution in [0.2, 0.25) is 0 Å². The molecule has 1 saturated heterocycles. The van der Waals surface area contributed by atoms with Gasteiger partial charge in [0.25, 0.3) is 0 Å². The summed E-state index contributed by atoms with van der Waals surface area (Å²) >= 11 is 0. The van der Waals surface area contributed by atoms with Crippen LogP contribution in [0.1, 0.15) is 24.4 Å². The van der Waals surface area contributed by atoms with E-state index in [4.69, 9.17) is 10.5 Å². The van der Waals surface area contributed by atoms with Crippen molar-refractivity contribution < 1.29 is 19.4 Å². The number of nitrogens with one attached hydrogen (secondary N) is 1. The van der Waals surface area contributed by atoms with Gasteiger partial charge < -0.3 is 20.6 Å². The first-order valence-electron chi connectivity index (χ1n) is 7.46. The van der Waals surface area contributed by atoms with Crippen LogP contribution in [0.15, 0.2) is 24.4 Å². The monoisotopic (exact) mass is 317 g/mol. The summed E-state index contributed by atoms with van der Waals surface area (Å²) in [6.07, 6.45) is 3.02. The molecule has 122 valence electrons. The zero-order valence-corrected chi connectivity index (χ0v) is 12.8. The van der Waals surface area contributed by atoms with Crippen LogP contribution >= 0.6 is 0 Å². The quantitative estimate of drug-likeness (QED) is 0.769. The van der Waals surface area contributed by atoms with Crippen LogP contribution in [0, 0.1) is 0 Å². The fourth-order valence-electron chi connectivity index (χ4n) is 3.33. The number of fused-ring (bicyclic) bond motifs is 1. The molecule has 7 nitrogen and oxygen atoms in total. The van der Waals surface area contributed by atoms with Gasteiger partial charge >= 0.3 is 5.97 Å². The van der Waals surface area contributed by atoms with Crippen LogP contribution in [0.5, 0.6) is 5.75 Å². The second kappa shape index (κ2) is 5.92. The summed E-state index contributed by atoms with van der Waals surface area (Å²) in [5.41, 5.74) is 6.87. The van der Waals surface area contributed by atoms with E-state index < -0.39 is 24.0 Å². The number of carboxylic acids is 1. The molecule has 0 spiro atoms. The van der Waals surface area contributed by atoms with E-state index in [0.29, 0.717) is 24.3 Å². The smallest absolute Gasteiger partial charge is 0.325 e. The molecule has 2 atom stereocenters. The largest absolute Gasteiger partial charge is 0.497 e. The van der Waals surface area contributed by atoms with Crippen LogP contribution in [0.4, 0.5) is 0 Å². The third-order valence-corrected chi connectivity index (χ3v) is 4.40. The Balaban J connectivity index is 2.08. The van der Waals surface area contributed by atoms with Crippen molar-refractivity contribution in [3.05, 3.63) is 30.0 Å². The minimum Gasteiger partial charge on any atom is -0.497 e. The first-order valence-corrected chi connectivity index (χ1v) is 7.46. The number of carboxylic acid groups (broad SMARTS) is 1. The number of nitrogens with zero attached hydrogens (tertiary/aromatic N) is 1. The van der Waals surface area contributed by atoms with Gasteiger partial charge in [0.1, 0.15) is 11.8 Å². The van der Waals surface area contributed by atoms with Gasteiger partial charge in [-0.25, -0.2) is 0 Å². The highest BCUT2D eigenvalue weighted by Crippen LogP contribution is 2.35. The number of primary amides is 1. The van der Waals surface area contributed by atoms with Crippen LogP contribution < -0.4 is 10.5 Å². The summed E-state index contributed by atoms with van der Waals surface area (Å²) in [6.45, 7) is 0.529. The SMILES string of the molecule is COc1ccc2[nH]cc([C@@H](C(=O)O)N3CCC[C@H]3C(N)=O)c2c1. The van der Waals surface area contributed by atoms with Crippen molar-refractivity contribution in [2.45, 2.75) is 24.9 Å². The number of H-pyrrole nitrogens is 1. The highest BCUT2D eigenvalue weighted by molar-refractivity contribution is 5.90. The number of ether oxygens (including phenoxy) is 1. The topological polar surface area (TPSA) is 109 Å². The van der Waals surface area contributed by atoms with Gasteiger partial charge in [0, 0.05) is 29.2 Å². The minimum atomic E-state index is -0.998. The highest BCUT2D eigenvalue weighted by Gasteiger charge is 2.39. The number of benzene rings is 1. The number of aliphatic carboxylic acids is 1. The lowest BCUT2D eigenvalue weighted by Gasteiger charge is -2.28.